The van der Waals surface area contributed by atoms with Crippen molar-refractivity contribution in [3.8, 4) is 0 Å². The number of benzene rings is 1. The summed E-state index contributed by atoms with van der Waals surface area (Å²) in [6.45, 7) is 10.6. The van der Waals surface area contributed by atoms with E-state index in [9.17, 15) is 4.79 Å². The van der Waals surface area contributed by atoms with Crippen molar-refractivity contribution in [3.05, 3.63) is 34.9 Å². The first kappa shape index (κ1) is 14.7. The van der Waals surface area contributed by atoms with Crippen LogP contribution in [0.15, 0.2) is 18.2 Å². The van der Waals surface area contributed by atoms with Crippen molar-refractivity contribution in [3.63, 3.8) is 0 Å². The van der Waals surface area contributed by atoms with Gasteiger partial charge < -0.3 is 11.1 Å². The van der Waals surface area contributed by atoms with E-state index >= 15 is 0 Å². The number of nitrogens with two attached hydrogens (primary N) is 1. The lowest BCUT2D eigenvalue weighted by molar-refractivity contribution is -0.125. The summed E-state index contributed by atoms with van der Waals surface area (Å²) in [6.07, 6.45) is 0. The average molecular weight is 248 g/mol. The smallest absolute Gasteiger partial charge is 0.224 e. The number of carbonyl (C=O) groups is 1. The highest BCUT2D eigenvalue weighted by Gasteiger charge is 2.25. The summed E-state index contributed by atoms with van der Waals surface area (Å²) in [5.74, 6) is -0.275. The number of hydrogen-bond acceptors (Lipinski definition) is 2. The molecule has 0 aliphatic carbocycles. The van der Waals surface area contributed by atoms with Crippen LogP contribution in [-0.2, 0) is 4.79 Å². The molecule has 1 aromatic carbocycles. The fourth-order valence-electron chi connectivity index (χ4n) is 1.92. The van der Waals surface area contributed by atoms with Gasteiger partial charge in [0.25, 0.3) is 0 Å². The zero-order chi connectivity index (χ0) is 13.9. The highest BCUT2D eigenvalue weighted by molar-refractivity contribution is 5.80. The van der Waals surface area contributed by atoms with Crippen LogP contribution < -0.4 is 11.1 Å². The molecule has 0 saturated heterocycles. The van der Waals surface area contributed by atoms with Crippen LogP contribution in [0.1, 0.15) is 43.5 Å². The fraction of sp³-hybridized carbons (Fsp3) is 0.533. The van der Waals surface area contributed by atoms with Crippen molar-refractivity contribution in [1.29, 1.82) is 0 Å². The Kier molecular flexibility index (Phi) is 4.52. The molecular weight excluding hydrogens is 224 g/mol. The van der Waals surface area contributed by atoms with Gasteiger partial charge in [0.15, 0.2) is 0 Å². The topological polar surface area (TPSA) is 55.1 Å². The molecule has 0 aliphatic heterocycles. The zero-order valence-corrected chi connectivity index (χ0v) is 12.0. The van der Waals surface area contributed by atoms with E-state index in [1.807, 2.05) is 13.8 Å². The lowest BCUT2D eigenvalue weighted by atomic mass is 9.91. The normalized spacial score (nSPS) is 13.4. The first-order valence-electron chi connectivity index (χ1n) is 6.34. The molecule has 3 nitrogen and oxygen atoms in total. The van der Waals surface area contributed by atoms with E-state index in [-0.39, 0.29) is 11.9 Å². The van der Waals surface area contributed by atoms with Gasteiger partial charge in [0.05, 0.1) is 5.41 Å². The molecule has 1 atom stereocenters. The number of carbonyl (C=O) groups excluding carboxylic acids is 1. The number of primary amides is 1. The molecule has 0 spiro atoms. The molecule has 3 N–H and O–H groups in total. The van der Waals surface area contributed by atoms with Crippen LogP contribution in [0.5, 0.6) is 0 Å². The van der Waals surface area contributed by atoms with Crippen LogP contribution >= 0.6 is 0 Å². The van der Waals surface area contributed by atoms with E-state index < -0.39 is 5.41 Å². The third kappa shape index (κ3) is 3.57. The van der Waals surface area contributed by atoms with Gasteiger partial charge in [-0.1, -0.05) is 23.8 Å². The molecule has 0 heterocycles. The minimum Gasteiger partial charge on any atom is -0.369 e. The van der Waals surface area contributed by atoms with Gasteiger partial charge in [-0.3, -0.25) is 4.79 Å². The summed E-state index contributed by atoms with van der Waals surface area (Å²) >= 11 is 0. The lowest BCUT2D eigenvalue weighted by Gasteiger charge is -2.25. The number of hydrogen-bond donors (Lipinski definition) is 2. The van der Waals surface area contributed by atoms with E-state index in [0.717, 1.165) is 0 Å². The van der Waals surface area contributed by atoms with Gasteiger partial charge in [-0.25, -0.2) is 0 Å². The van der Waals surface area contributed by atoms with Crippen molar-refractivity contribution in [1.82, 2.24) is 5.32 Å². The van der Waals surface area contributed by atoms with Crippen LogP contribution in [0, 0.1) is 19.3 Å². The molecule has 0 radical (unpaired) electrons. The third-order valence-electron chi connectivity index (χ3n) is 3.41. The Morgan fingerprint density at radius 3 is 2.50 bits per heavy atom. The van der Waals surface area contributed by atoms with E-state index in [2.05, 4.69) is 44.3 Å². The molecular formula is C15H24N2O. The maximum atomic E-state index is 11.3. The quantitative estimate of drug-likeness (QED) is 0.841. The van der Waals surface area contributed by atoms with Gasteiger partial charge in [0.2, 0.25) is 5.91 Å². The average Bonchev–Trinajstić information content (AvgIpc) is 2.25. The molecule has 1 amide bonds. The summed E-state index contributed by atoms with van der Waals surface area (Å²) in [5, 5.41) is 3.38. The van der Waals surface area contributed by atoms with Crippen molar-refractivity contribution < 1.29 is 4.79 Å². The van der Waals surface area contributed by atoms with Gasteiger partial charge in [-0.2, -0.15) is 0 Å². The van der Waals surface area contributed by atoms with Gasteiger partial charge in [-0.05, 0) is 45.7 Å². The van der Waals surface area contributed by atoms with E-state index in [1.165, 1.54) is 16.7 Å². The molecule has 3 heteroatoms. The molecule has 1 rings (SSSR count). The van der Waals surface area contributed by atoms with Gasteiger partial charge in [-0.15, -0.1) is 0 Å². The van der Waals surface area contributed by atoms with Crippen LogP contribution in [0.3, 0.4) is 0 Å². The molecule has 100 valence electrons. The second kappa shape index (κ2) is 5.53. The number of rotatable bonds is 5. The fourth-order valence-corrected chi connectivity index (χ4v) is 1.92. The number of aryl methyl sites for hydroxylation is 2. The molecule has 1 aromatic rings. The van der Waals surface area contributed by atoms with Crippen molar-refractivity contribution in [2.24, 2.45) is 11.1 Å². The first-order valence-corrected chi connectivity index (χ1v) is 6.34. The third-order valence-corrected chi connectivity index (χ3v) is 3.41. The number of nitrogens with one attached hydrogen (secondary N) is 1. The summed E-state index contributed by atoms with van der Waals surface area (Å²) in [7, 11) is 0. The zero-order valence-electron chi connectivity index (χ0n) is 12.0. The Morgan fingerprint density at radius 1 is 1.39 bits per heavy atom. The monoisotopic (exact) mass is 248 g/mol. The molecule has 1 unspecified atom stereocenters. The highest BCUT2D eigenvalue weighted by atomic mass is 16.1. The predicted molar refractivity (Wildman–Crippen MR) is 75.3 cm³/mol. The minimum absolute atomic E-state index is 0.212. The van der Waals surface area contributed by atoms with Crippen molar-refractivity contribution in [2.75, 3.05) is 6.54 Å². The second-order valence-corrected chi connectivity index (χ2v) is 5.71. The van der Waals surface area contributed by atoms with E-state index in [4.69, 9.17) is 5.73 Å². The maximum absolute atomic E-state index is 11.3. The van der Waals surface area contributed by atoms with Crippen molar-refractivity contribution >= 4 is 5.91 Å². The molecule has 0 saturated carbocycles. The van der Waals surface area contributed by atoms with Crippen molar-refractivity contribution in [2.45, 2.75) is 40.7 Å². The van der Waals surface area contributed by atoms with Crippen LogP contribution in [0.25, 0.3) is 0 Å². The van der Waals surface area contributed by atoms with E-state index in [1.54, 1.807) is 0 Å². The SMILES string of the molecule is Cc1ccc(C(C)NCC(C)(C)C(N)=O)c(C)c1. The lowest BCUT2D eigenvalue weighted by Crippen LogP contribution is -2.41. The summed E-state index contributed by atoms with van der Waals surface area (Å²) in [5.41, 5.74) is 8.64. The van der Waals surface area contributed by atoms with Crippen LogP contribution in [0.4, 0.5) is 0 Å². The van der Waals surface area contributed by atoms with E-state index in [0.29, 0.717) is 6.54 Å². The Hall–Kier alpha value is -1.35. The molecule has 0 fully saturated rings. The summed E-state index contributed by atoms with van der Waals surface area (Å²) in [6, 6.07) is 6.63. The minimum atomic E-state index is -0.521. The largest absolute Gasteiger partial charge is 0.369 e. The van der Waals surface area contributed by atoms with Gasteiger partial charge >= 0.3 is 0 Å². The molecule has 0 aromatic heterocycles. The highest BCUT2D eigenvalue weighted by Crippen LogP contribution is 2.20. The Bertz CT molecular complexity index is 438. The van der Waals surface area contributed by atoms with Crippen LogP contribution in [0.2, 0.25) is 0 Å². The standard InChI is InChI=1S/C15H24N2O/c1-10-6-7-13(11(2)8-10)12(3)17-9-15(4,5)14(16)18/h6-8,12,17H,9H2,1-5H3,(H2,16,18). The molecule has 0 aliphatic rings. The predicted octanol–water partition coefficient (Wildman–Crippen LogP) is 2.47. The van der Waals surface area contributed by atoms with Crippen LogP contribution in [-0.4, -0.2) is 12.5 Å². The molecule has 0 bridgehead atoms. The Morgan fingerprint density at radius 2 is 2.00 bits per heavy atom. The number of amides is 1. The Labute approximate surface area is 110 Å². The molecule has 18 heavy (non-hydrogen) atoms. The van der Waals surface area contributed by atoms with Gasteiger partial charge in [0, 0.05) is 12.6 Å². The van der Waals surface area contributed by atoms with Gasteiger partial charge in [0.1, 0.15) is 0 Å². The Balaban J connectivity index is 2.71. The summed E-state index contributed by atoms with van der Waals surface area (Å²) in [4.78, 5) is 11.3. The first-order chi connectivity index (χ1) is 8.24. The summed E-state index contributed by atoms with van der Waals surface area (Å²) < 4.78 is 0. The maximum Gasteiger partial charge on any atom is 0.224 e. The second-order valence-electron chi connectivity index (χ2n) is 5.71.